The molecule has 130 valence electrons. The standard InChI is InChI=1S/C17H18ClN5S2/c1-19-14(9-24-11-22-17-20-7-2-8-21-17)15-10-25-16(23-15)12-3-5-13(18)6-4-12/h3-6,9-10H,1-2,7-8,11H2,(H2,20,21,22)/b14-9-. The summed E-state index contributed by atoms with van der Waals surface area (Å²) in [5.74, 6) is 1.57. The van der Waals surface area contributed by atoms with Gasteiger partial charge < -0.3 is 10.6 Å². The molecule has 0 unspecified atom stereocenters. The van der Waals surface area contributed by atoms with Crippen molar-refractivity contribution in [1.29, 1.82) is 0 Å². The molecule has 8 heteroatoms. The van der Waals surface area contributed by atoms with Gasteiger partial charge >= 0.3 is 0 Å². The van der Waals surface area contributed by atoms with Crippen LogP contribution in [0.1, 0.15) is 12.1 Å². The van der Waals surface area contributed by atoms with Crippen molar-refractivity contribution in [3.8, 4) is 10.6 Å². The van der Waals surface area contributed by atoms with Crippen LogP contribution in [-0.4, -0.2) is 36.6 Å². The first-order valence-electron chi connectivity index (χ1n) is 7.79. The third kappa shape index (κ3) is 5.07. The van der Waals surface area contributed by atoms with Crippen LogP contribution in [0, 0.1) is 0 Å². The van der Waals surface area contributed by atoms with E-state index in [-0.39, 0.29) is 0 Å². The molecule has 1 aliphatic rings. The fourth-order valence-corrected chi connectivity index (χ4v) is 3.78. The Hall–Kier alpha value is -1.83. The monoisotopic (exact) mass is 391 g/mol. The highest BCUT2D eigenvalue weighted by molar-refractivity contribution is 8.02. The van der Waals surface area contributed by atoms with Crippen LogP contribution in [0.2, 0.25) is 5.02 Å². The van der Waals surface area contributed by atoms with Crippen molar-refractivity contribution in [1.82, 2.24) is 15.6 Å². The zero-order chi connectivity index (χ0) is 17.5. The first kappa shape index (κ1) is 18.0. The molecular weight excluding hydrogens is 374 g/mol. The number of aliphatic imine (C=N–C) groups is 2. The van der Waals surface area contributed by atoms with E-state index in [1.807, 2.05) is 35.1 Å². The molecule has 3 rings (SSSR count). The van der Waals surface area contributed by atoms with Crippen LogP contribution >= 0.6 is 34.7 Å². The summed E-state index contributed by atoms with van der Waals surface area (Å²) in [7, 11) is 0. The van der Waals surface area contributed by atoms with E-state index in [9.17, 15) is 0 Å². The highest BCUT2D eigenvalue weighted by atomic mass is 35.5. The van der Waals surface area contributed by atoms with Gasteiger partial charge in [-0.3, -0.25) is 9.98 Å². The highest BCUT2D eigenvalue weighted by Crippen LogP contribution is 2.28. The van der Waals surface area contributed by atoms with E-state index in [1.54, 1.807) is 23.1 Å². The van der Waals surface area contributed by atoms with E-state index in [0.717, 1.165) is 52.5 Å². The molecule has 2 N–H and O–H groups in total. The fourth-order valence-electron chi connectivity index (χ4n) is 2.18. The van der Waals surface area contributed by atoms with Gasteiger partial charge in [0.2, 0.25) is 0 Å². The molecule has 0 amide bonds. The Morgan fingerprint density at radius 2 is 2.28 bits per heavy atom. The van der Waals surface area contributed by atoms with Crippen LogP contribution in [-0.2, 0) is 0 Å². The number of hydrogen-bond acceptors (Lipinski definition) is 7. The molecule has 2 heterocycles. The van der Waals surface area contributed by atoms with Crippen molar-refractivity contribution in [3.05, 3.63) is 45.8 Å². The lowest BCUT2D eigenvalue weighted by molar-refractivity contribution is 0.718. The van der Waals surface area contributed by atoms with Gasteiger partial charge in [-0.1, -0.05) is 23.7 Å². The predicted octanol–water partition coefficient (Wildman–Crippen LogP) is 4.09. The van der Waals surface area contributed by atoms with Gasteiger partial charge in [0.05, 0.1) is 11.6 Å². The Kier molecular flexibility index (Phi) is 6.49. The lowest BCUT2D eigenvalue weighted by atomic mass is 10.2. The molecule has 1 aromatic heterocycles. The molecule has 0 radical (unpaired) electrons. The van der Waals surface area contributed by atoms with Gasteiger partial charge in [0.1, 0.15) is 10.7 Å². The lowest BCUT2D eigenvalue weighted by Crippen LogP contribution is -2.40. The topological polar surface area (TPSA) is 61.7 Å². The van der Waals surface area contributed by atoms with Crippen LogP contribution in [0.4, 0.5) is 0 Å². The molecule has 2 aromatic rings. The molecule has 5 nitrogen and oxygen atoms in total. The summed E-state index contributed by atoms with van der Waals surface area (Å²) in [5, 5.41) is 12.1. The van der Waals surface area contributed by atoms with Crippen molar-refractivity contribution >= 4 is 53.1 Å². The number of thioether (sulfide) groups is 1. The van der Waals surface area contributed by atoms with Crippen molar-refractivity contribution < 1.29 is 0 Å². The number of benzene rings is 1. The molecule has 0 fully saturated rings. The maximum absolute atomic E-state index is 5.93. The van der Waals surface area contributed by atoms with E-state index >= 15 is 0 Å². The van der Waals surface area contributed by atoms with Crippen molar-refractivity contribution in [2.24, 2.45) is 9.98 Å². The SMILES string of the molecule is C=N/C(=C\SCNC1=NCCCN1)c1csc(-c2ccc(Cl)cc2)n1. The van der Waals surface area contributed by atoms with Crippen LogP contribution < -0.4 is 10.6 Å². The zero-order valence-electron chi connectivity index (χ0n) is 13.5. The van der Waals surface area contributed by atoms with Gasteiger partial charge in [0, 0.05) is 34.5 Å². The quantitative estimate of drug-likeness (QED) is 0.442. The zero-order valence-corrected chi connectivity index (χ0v) is 15.9. The Bertz CT molecular complexity index is 783. The number of thiazole rings is 1. The van der Waals surface area contributed by atoms with E-state index in [0.29, 0.717) is 5.88 Å². The molecule has 1 aliphatic heterocycles. The predicted molar refractivity (Wildman–Crippen MR) is 111 cm³/mol. The van der Waals surface area contributed by atoms with Crippen molar-refractivity contribution in [2.45, 2.75) is 6.42 Å². The van der Waals surface area contributed by atoms with E-state index in [2.05, 4.69) is 32.3 Å². The van der Waals surface area contributed by atoms with Crippen molar-refractivity contribution in [2.75, 3.05) is 19.0 Å². The molecule has 0 atom stereocenters. The Morgan fingerprint density at radius 3 is 3.00 bits per heavy atom. The second-order valence-electron chi connectivity index (χ2n) is 5.20. The molecule has 0 aliphatic carbocycles. The maximum atomic E-state index is 5.93. The minimum atomic E-state index is 0.707. The van der Waals surface area contributed by atoms with Crippen molar-refractivity contribution in [3.63, 3.8) is 0 Å². The highest BCUT2D eigenvalue weighted by Gasteiger charge is 2.08. The number of aromatic nitrogens is 1. The molecule has 0 spiro atoms. The van der Waals surface area contributed by atoms with Gasteiger partial charge in [0.25, 0.3) is 0 Å². The second-order valence-corrected chi connectivity index (χ2v) is 7.36. The number of halogens is 1. The summed E-state index contributed by atoms with van der Waals surface area (Å²) < 4.78 is 0. The largest absolute Gasteiger partial charge is 0.356 e. The summed E-state index contributed by atoms with van der Waals surface area (Å²) in [6.07, 6.45) is 1.09. The third-order valence-corrected chi connectivity index (χ3v) is 5.29. The summed E-state index contributed by atoms with van der Waals surface area (Å²) in [5.41, 5.74) is 2.63. The molecule has 0 saturated carbocycles. The van der Waals surface area contributed by atoms with E-state index in [4.69, 9.17) is 11.6 Å². The number of guanidine groups is 1. The Labute approximate surface area is 160 Å². The Morgan fingerprint density at radius 1 is 1.44 bits per heavy atom. The summed E-state index contributed by atoms with van der Waals surface area (Å²) >= 11 is 9.11. The van der Waals surface area contributed by atoms with Gasteiger partial charge in [-0.2, -0.15) is 0 Å². The van der Waals surface area contributed by atoms with Crippen LogP contribution in [0.25, 0.3) is 16.3 Å². The second kappa shape index (κ2) is 9.03. The van der Waals surface area contributed by atoms with Crippen LogP contribution in [0.5, 0.6) is 0 Å². The first-order valence-corrected chi connectivity index (χ1v) is 10.1. The summed E-state index contributed by atoms with van der Waals surface area (Å²) in [6.45, 7) is 5.51. The number of nitrogens with zero attached hydrogens (tertiary/aromatic N) is 3. The van der Waals surface area contributed by atoms with Crippen LogP contribution in [0.15, 0.2) is 45.0 Å². The van der Waals surface area contributed by atoms with E-state index in [1.165, 1.54) is 0 Å². The molecular formula is C17H18ClN5S2. The maximum Gasteiger partial charge on any atom is 0.191 e. The molecule has 0 bridgehead atoms. The molecule has 25 heavy (non-hydrogen) atoms. The average molecular weight is 392 g/mol. The smallest absolute Gasteiger partial charge is 0.191 e. The summed E-state index contributed by atoms with van der Waals surface area (Å²) in [6, 6.07) is 7.66. The van der Waals surface area contributed by atoms with Crippen LogP contribution in [0.3, 0.4) is 0 Å². The minimum absolute atomic E-state index is 0.707. The van der Waals surface area contributed by atoms with Gasteiger partial charge in [-0.05, 0) is 25.3 Å². The summed E-state index contributed by atoms with van der Waals surface area (Å²) in [4.78, 5) is 13.1. The number of hydrogen-bond donors (Lipinski definition) is 2. The first-order chi connectivity index (χ1) is 12.3. The fraction of sp³-hybridized carbons (Fsp3) is 0.235. The average Bonchev–Trinajstić information content (AvgIpc) is 3.13. The van der Waals surface area contributed by atoms with E-state index < -0.39 is 0 Å². The van der Waals surface area contributed by atoms with Gasteiger partial charge in [0.15, 0.2) is 5.96 Å². The lowest BCUT2D eigenvalue weighted by Gasteiger charge is -2.15. The van der Waals surface area contributed by atoms with Gasteiger partial charge in [-0.25, -0.2) is 4.98 Å². The normalized spacial score (nSPS) is 14.6. The van der Waals surface area contributed by atoms with Gasteiger partial charge in [-0.15, -0.1) is 23.1 Å². The Balaban J connectivity index is 1.61. The molecule has 0 saturated heterocycles. The number of nitrogens with one attached hydrogen (secondary N) is 2. The molecule has 1 aromatic carbocycles. The minimum Gasteiger partial charge on any atom is -0.356 e. The third-order valence-electron chi connectivity index (χ3n) is 3.44. The number of rotatable bonds is 6.